The molecule has 11 heteroatoms. The molecule has 0 unspecified atom stereocenters. The van der Waals surface area contributed by atoms with E-state index in [1.165, 1.54) is 7.05 Å². The number of aromatic nitrogens is 4. The Labute approximate surface area is 129 Å². The maximum Gasteiger partial charge on any atom is 0.432 e. The lowest BCUT2D eigenvalue weighted by Crippen LogP contribution is -2.36. The molecule has 2 aromatic rings. The molecule has 0 fully saturated rings. The molecule has 0 saturated heterocycles. The number of nitrogens with zero attached hydrogens (tertiary/aromatic N) is 4. The van der Waals surface area contributed by atoms with Crippen molar-refractivity contribution in [3.63, 3.8) is 0 Å². The van der Waals surface area contributed by atoms with Gasteiger partial charge in [0.1, 0.15) is 17.0 Å². The first-order valence-electron chi connectivity index (χ1n) is 6.56. The number of nitrogens with one attached hydrogen (secondary N) is 3. The molecule has 0 spiro atoms. The first-order chi connectivity index (χ1) is 10.7. The Kier molecular flexibility index (Phi) is 4.21. The topological polar surface area (TPSA) is 90.9 Å². The highest BCUT2D eigenvalue weighted by Gasteiger charge is 2.33. The van der Waals surface area contributed by atoms with Crippen molar-refractivity contribution in [1.82, 2.24) is 24.9 Å². The standard InChI is InChI=1S/C12H16F3N7O/c1-6-18-9(17-3)8-10(19-6)22(11(23)20-8)21(4)5-7(16-2)12(13,14)15/h5,16H,1-4H3,(H,20,23)(H,17,18,19)/b7-5-. The predicted octanol–water partition coefficient (Wildman–Crippen LogP) is 0.661. The van der Waals surface area contributed by atoms with Crippen molar-refractivity contribution in [3.05, 3.63) is 28.2 Å². The van der Waals surface area contributed by atoms with E-state index in [9.17, 15) is 18.0 Å². The second-order valence-corrected chi connectivity index (χ2v) is 4.67. The Hall–Kier alpha value is -2.72. The summed E-state index contributed by atoms with van der Waals surface area (Å²) in [5.41, 5.74) is -1.15. The van der Waals surface area contributed by atoms with Gasteiger partial charge in [0.15, 0.2) is 11.5 Å². The van der Waals surface area contributed by atoms with Crippen LogP contribution in [0.15, 0.2) is 16.7 Å². The van der Waals surface area contributed by atoms with E-state index in [-0.39, 0.29) is 5.65 Å². The molecule has 0 aliphatic heterocycles. The van der Waals surface area contributed by atoms with Crippen molar-refractivity contribution in [2.45, 2.75) is 13.1 Å². The molecule has 126 valence electrons. The maximum atomic E-state index is 12.8. The predicted molar refractivity (Wildman–Crippen MR) is 79.8 cm³/mol. The molecule has 0 aliphatic rings. The quantitative estimate of drug-likeness (QED) is 0.762. The maximum absolute atomic E-state index is 12.8. The summed E-state index contributed by atoms with van der Waals surface area (Å²) in [6, 6.07) is 0. The first kappa shape index (κ1) is 16.6. The van der Waals surface area contributed by atoms with E-state index in [0.29, 0.717) is 17.2 Å². The molecule has 2 heterocycles. The number of alkyl halides is 3. The monoisotopic (exact) mass is 331 g/mol. The Morgan fingerprint density at radius 2 is 2.00 bits per heavy atom. The minimum atomic E-state index is -4.57. The van der Waals surface area contributed by atoms with E-state index >= 15 is 0 Å². The van der Waals surface area contributed by atoms with Gasteiger partial charge in [-0.05, 0) is 6.92 Å². The molecular weight excluding hydrogens is 315 g/mol. The van der Waals surface area contributed by atoms with Crippen molar-refractivity contribution >= 4 is 17.0 Å². The molecule has 2 rings (SSSR count). The smallest absolute Gasteiger partial charge is 0.383 e. The lowest BCUT2D eigenvalue weighted by Gasteiger charge is -2.19. The van der Waals surface area contributed by atoms with Gasteiger partial charge < -0.3 is 10.6 Å². The van der Waals surface area contributed by atoms with Gasteiger partial charge in [-0.15, -0.1) is 0 Å². The number of anilines is 1. The summed E-state index contributed by atoms with van der Waals surface area (Å²) in [5.74, 6) is 0.752. The molecule has 0 bridgehead atoms. The number of halogens is 3. The third-order valence-electron chi connectivity index (χ3n) is 3.07. The number of hydrogen-bond acceptors (Lipinski definition) is 6. The second kappa shape index (κ2) is 5.82. The molecule has 0 amide bonds. The number of H-pyrrole nitrogens is 1. The van der Waals surface area contributed by atoms with Crippen LogP contribution < -0.4 is 21.3 Å². The lowest BCUT2D eigenvalue weighted by molar-refractivity contribution is -0.0963. The zero-order valence-electron chi connectivity index (χ0n) is 12.9. The Morgan fingerprint density at radius 1 is 1.35 bits per heavy atom. The van der Waals surface area contributed by atoms with Gasteiger partial charge in [0, 0.05) is 27.3 Å². The third-order valence-corrected chi connectivity index (χ3v) is 3.07. The van der Waals surface area contributed by atoms with Gasteiger partial charge in [0.25, 0.3) is 0 Å². The average Bonchev–Trinajstić information content (AvgIpc) is 2.78. The Morgan fingerprint density at radius 3 is 2.52 bits per heavy atom. The lowest BCUT2D eigenvalue weighted by atomic mass is 10.4. The molecule has 23 heavy (non-hydrogen) atoms. The molecule has 3 N–H and O–H groups in total. The summed E-state index contributed by atoms with van der Waals surface area (Å²) in [6.45, 7) is 1.62. The van der Waals surface area contributed by atoms with Gasteiger partial charge in [-0.1, -0.05) is 0 Å². The molecular formula is C12H16F3N7O. The number of aryl methyl sites for hydroxylation is 1. The van der Waals surface area contributed by atoms with Gasteiger partial charge >= 0.3 is 11.9 Å². The highest BCUT2D eigenvalue weighted by Crippen LogP contribution is 2.23. The van der Waals surface area contributed by atoms with Crippen molar-refractivity contribution in [1.29, 1.82) is 0 Å². The summed E-state index contributed by atoms with van der Waals surface area (Å²) in [4.78, 5) is 22.9. The summed E-state index contributed by atoms with van der Waals surface area (Å²) < 4.78 is 39.5. The SMILES string of the molecule is CN/C(=C\N(C)n1c(=O)[nH]c2c(NC)nc(C)nc21)C(F)(F)F. The highest BCUT2D eigenvalue weighted by atomic mass is 19.4. The zero-order valence-corrected chi connectivity index (χ0v) is 12.9. The van der Waals surface area contributed by atoms with Crippen LogP contribution in [0.25, 0.3) is 11.2 Å². The fourth-order valence-corrected chi connectivity index (χ4v) is 2.08. The van der Waals surface area contributed by atoms with Gasteiger partial charge in [0.05, 0.1) is 0 Å². The van der Waals surface area contributed by atoms with Crippen LogP contribution in [-0.2, 0) is 0 Å². The van der Waals surface area contributed by atoms with Gasteiger partial charge in [0.2, 0.25) is 0 Å². The van der Waals surface area contributed by atoms with Crippen molar-refractivity contribution < 1.29 is 13.2 Å². The minimum Gasteiger partial charge on any atom is -0.383 e. The van der Waals surface area contributed by atoms with Crippen LogP contribution in [0.4, 0.5) is 19.0 Å². The van der Waals surface area contributed by atoms with Crippen molar-refractivity contribution in [2.24, 2.45) is 0 Å². The van der Waals surface area contributed by atoms with E-state index in [2.05, 4.69) is 25.6 Å². The van der Waals surface area contributed by atoms with Crippen LogP contribution in [0.2, 0.25) is 0 Å². The van der Waals surface area contributed by atoms with Gasteiger partial charge in [-0.25, -0.2) is 14.8 Å². The summed E-state index contributed by atoms with van der Waals surface area (Å²) >= 11 is 0. The molecule has 0 saturated carbocycles. The fourth-order valence-electron chi connectivity index (χ4n) is 2.08. The van der Waals surface area contributed by atoms with Crippen LogP contribution >= 0.6 is 0 Å². The number of rotatable bonds is 4. The van der Waals surface area contributed by atoms with Crippen LogP contribution in [0.3, 0.4) is 0 Å². The van der Waals surface area contributed by atoms with Crippen molar-refractivity contribution in [2.75, 3.05) is 31.5 Å². The van der Waals surface area contributed by atoms with Gasteiger partial charge in [-0.3, -0.25) is 9.99 Å². The normalized spacial score (nSPS) is 12.6. The number of imidazole rings is 1. The van der Waals surface area contributed by atoms with E-state index in [1.807, 2.05) is 0 Å². The van der Waals surface area contributed by atoms with Crippen LogP contribution in [0.1, 0.15) is 5.82 Å². The number of aromatic amines is 1. The summed E-state index contributed by atoms with van der Waals surface area (Å²) in [5, 5.41) is 5.87. The summed E-state index contributed by atoms with van der Waals surface area (Å²) in [7, 11) is 4.08. The van der Waals surface area contributed by atoms with E-state index in [0.717, 1.165) is 22.9 Å². The molecule has 0 radical (unpaired) electrons. The third kappa shape index (κ3) is 3.07. The summed E-state index contributed by atoms with van der Waals surface area (Å²) in [6.07, 6.45) is -3.80. The van der Waals surface area contributed by atoms with Crippen LogP contribution in [0.5, 0.6) is 0 Å². The molecule has 8 nitrogen and oxygen atoms in total. The highest BCUT2D eigenvalue weighted by molar-refractivity contribution is 5.83. The first-order valence-corrected chi connectivity index (χ1v) is 6.56. The molecule has 0 aliphatic carbocycles. The molecule has 2 aromatic heterocycles. The van der Waals surface area contributed by atoms with Crippen molar-refractivity contribution in [3.8, 4) is 0 Å². The average molecular weight is 331 g/mol. The number of hydrogen-bond donors (Lipinski definition) is 3. The van der Waals surface area contributed by atoms with Crippen LogP contribution in [-0.4, -0.2) is 46.9 Å². The second-order valence-electron chi connectivity index (χ2n) is 4.67. The minimum absolute atomic E-state index is 0.170. The van der Waals surface area contributed by atoms with E-state index < -0.39 is 17.6 Å². The molecule has 0 aromatic carbocycles. The molecule has 0 atom stereocenters. The van der Waals surface area contributed by atoms with E-state index in [1.54, 1.807) is 14.0 Å². The number of fused-ring (bicyclic) bond motifs is 1. The number of allylic oxidation sites excluding steroid dienone is 1. The zero-order chi connectivity index (χ0) is 17.4. The van der Waals surface area contributed by atoms with E-state index in [4.69, 9.17) is 0 Å². The Balaban J connectivity index is 2.64. The largest absolute Gasteiger partial charge is 0.432 e. The Bertz CT molecular complexity index is 805. The van der Waals surface area contributed by atoms with Gasteiger partial charge in [-0.2, -0.15) is 17.8 Å². The van der Waals surface area contributed by atoms with Crippen LogP contribution in [0, 0.1) is 6.92 Å². The fraction of sp³-hybridized carbons (Fsp3) is 0.417.